The summed E-state index contributed by atoms with van der Waals surface area (Å²) >= 11 is 1.59. The third-order valence-electron chi connectivity index (χ3n) is 3.01. The molecule has 1 heterocycles. The third-order valence-corrected chi connectivity index (χ3v) is 6.28. The highest BCUT2D eigenvalue weighted by Gasteiger charge is 2.30. The molecule has 0 fully saturated rings. The Kier molecular flexibility index (Phi) is 4.33. The Morgan fingerprint density at radius 3 is 2.53 bits per heavy atom. The summed E-state index contributed by atoms with van der Waals surface area (Å²) in [6.45, 7) is 7.90. The standard InChI is InChI=1S/C11H20N2O2S2/c1-8(10-9(2)13-7-16-10)12-6-11(3,4)17(5,14)15/h7-8,12H,6H2,1-5H3. The van der Waals surface area contributed by atoms with Gasteiger partial charge in [-0.15, -0.1) is 11.3 Å². The van der Waals surface area contributed by atoms with Gasteiger partial charge in [0.1, 0.15) is 0 Å². The van der Waals surface area contributed by atoms with Crippen molar-refractivity contribution in [3.63, 3.8) is 0 Å². The van der Waals surface area contributed by atoms with Gasteiger partial charge in [0.25, 0.3) is 0 Å². The van der Waals surface area contributed by atoms with Crippen molar-refractivity contribution in [2.45, 2.75) is 38.5 Å². The zero-order chi connectivity index (χ0) is 13.3. The number of thiazole rings is 1. The molecule has 4 nitrogen and oxygen atoms in total. The van der Waals surface area contributed by atoms with Crippen LogP contribution in [0.15, 0.2) is 5.51 Å². The van der Waals surface area contributed by atoms with Crippen LogP contribution in [0.25, 0.3) is 0 Å². The lowest BCUT2D eigenvalue weighted by Gasteiger charge is -2.25. The zero-order valence-corrected chi connectivity index (χ0v) is 12.6. The molecular weight excluding hydrogens is 256 g/mol. The van der Waals surface area contributed by atoms with Gasteiger partial charge < -0.3 is 5.32 Å². The van der Waals surface area contributed by atoms with E-state index in [9.17, 15) is 8.42 Å². The number of aryl methyl sites for hydroxylation is 1. The molecule has 0 aliphatic heterocycles. The number of hydrogen-bond acceptors (Lipinski definition) is 5. The minimum atomic E-state index is -3.05. The van der Waals surface area contributed by atoms with Crippen molar-refractivity contribution in [1.82, 2.24) is 10.3 Å². The predicted molar refractivity (Wildman–Crippen MR) is 72.2 cm³/mol. The number of nitrogens with zero attached hydrogens (tertiary/aromatic N) is 1. The van der Waals surface area contributed by atoms with Gasteiger partial charge in [-0.2, -0.15) is 0 Å². The fraction of sp³-hybridized carbons (Fsp3) is 0.727. The van der Waals surface area contributed by atoms with Crippen LogP contribution in [0.1, 0.15) is 37.4 Å². The van der Waals surface area contributed by atoms with Gasteiger partial charge in [0.2, 0.25) is 0 Å². The van der Waals surface area contributed by atoms with E-state index in [0.717, 1.165) is 10.6 Å². The molecule has 0 spiro atoms. The Morgan fingerprint density at radius 1 is 1.53 bits per heavy atom. The topological polar surface area (TPSA) is 59.1 Å². The monoisotopic (exact) mass is 276 g/mol. The highest BCUT2D eigenvalue weighted by atomic mass is 32.2. The average Bonchev–Trinajstić information content (AvgIpc) is 2.59. The maximum Gasteiger partial charge on any atom is 0.153 e. The molecule has 1 N–H and O–H groups in total. The third kappa shape index (κ3) is 3.50. The first-order valence-electron chi connectivity index (χ1n) is 5.48. The maximum atomic E-state index is 11.6. The van der Waals surface area contributed by atoms with Crippen molar-refractivity contribution in [1.29, 1.82) is 0 Å². The summed E-state index contributed by atoms with van der Waals surface area (Å²) in [5.74, 6) is 0. The van der Waals surface area contributed by atoms with Crippen molar-refractivity contribution < 1.29 is 8.42 Å². The molecule has 6 heteroatoms. The lowest BCUT2D eigenvalue weighted by molar-refractivity contribution is 0.491. The molecule has 1 aromatic rings. The summed E-state index contributed by atoms with van der Waals surface area (Å²) < 4.78 is 22.4. The Bertz CT molecular complexity index is 477. The van der Waals surface area contributed by atoms with E-state index in [0.29, 0.717) is 6.54 Å². The van der Waals surface area contributed by atoms with Crippen LogP contribution in [0, 0.1) is 6.92 Å². The van der Waals surface area contributed by atoms with Crippen molar-refractivity contribution in [3.8, 4) is 0 Å². The largest absolute Gasteiger partial charge is 0.308 e. The molecule has 0 aromatic carbocycles. The van der Waals surface area contributed by atoms with E-state index in [-0.39, 0.29) is 6.04 Å². The number of nitrogens with one attached hydrogen (secondary N) is 1. The van der Waals surface area contributed by atoms with Crippen molar-refractivity contribution in [2.75, 3.05) is 12.8 Å². The summed E-state index contributed by atoms with van der Waals surface area (Å²) in [6.07, 6.45) is 1.28. The molecule has 0 amide bonds. The maximum absolute atomic E-state index is 11.6. The summed E-state index contributed by atoms with van der Waals surface area (Å²) in [4.78, 5) is 5.35. The predicted octanol–water partition coefficient (Wildman–Crippen LogP) is 1.93. The Morgan fingerprint density at radius 2 is 2.12 bits per heavy atom. The van der Waals surface area contributed by atoms with E-state index < -0.39 is 14.6 Å². The van der Waals surface area contributed by atoms with Gasteiger partial charge in [-0.3, -0.25) is 0 Å². The van der Waals surface area contributed by atoms with Gasteiger partial charge in [-0.25, -0.2) is 13.4 Å². The van der Waals surface area contributed by atoms with E-state index >= 15 is 0 Å². The Hall–Kier alpha value is -0.460. The SMILES string of the molecule is Cc1ncsc1C(C)NCC(C)(C)S(C)(=O)=O. The molecule has 98 valence electrons. The Balaban J connectivity index is 2.67. The molecule has 1 aromatic heterocycles. The summed E-state index contributed by atoms with van der Waals surface area (Å²) in [7, 11) is -3.05. The molecule has 0 aliphatic carbocycles. The van der Waals surface area contributed by atoms with Gasteiger partial charge in [-0.1, -0.05) is 0 Å². The second-order valence-electron chi connectivity index (χ2n) is 4.94. The van der Waals surface area contributed by atoms with Crippen molar-refractivity contribution in [3.05, 3.63) is 16.1 Å². The van der Waals surface area contributed by atoms with Gasteiger partial charge in [0, 0.05) is 23.7 Å². The number of hydrogen-bond donors (Lipinski definition) is 1. The lowest BCUT2D eigenvalue weighted by atomic mass is 10.1. The average molecular weight is 276 g/mol. The smallest absolute Gasteiger partial charge is 0.153 e. The van der Waals surface area contributed by atoms with Crippen LogP contribution in [-0.2, 0) is 9.84 Å². The summed E-state index contributed by atoms with van der Waals surface area (Å²) in [5, 5.41) is 3.26. The summed E-state index contributed by atoms with van der Waals surface area (Å²) in [6, 6.07) is 0.128. The molecule has 0 aliphatic rings. The minimum absolute atomic E-state index is 0.128. The normalized spacial score (nSPS) is 14.9. The van der Waals surface area contributed by atoms with Gasteiger partial charge in [0.05, 0.1) is 16.0 Å². The zero-order valence-electron chi connectivity index (χ0n) is 10.9. The van der Waals surface area contributed by atoms with E-state index in [2.05, 4.69) is 10.3 Å². The van der Waals surface area contributed by atoms with Gasteiger partial charge >= 0.3 is 0 Å². The van der Waals surface area contributed by atoms with Crippen molar-refractivity contribution >= 4 is 21.2 Å². The highest BCUT2D eigenvalue weighted by molar-refractivity contribution is 7.92. The quantitative estimate of drug-likeness (QED) is 0.892. The molecule has 0 bridgehead atoms. The van der Waals surface area contributed by atoms with E-state index in [1.165, 1.54) is 6.26 Å². The highest BCUT2D eigenvalue weighted by Crippen LogP contribution is 2.22. The second kappa shape index (κ2) is 5.04. The summed E-state index contributed by atoms with van der Waals surface area (Å²) in [5.41, 5.74) is 2.82. The van der Waals surface area contributed by atoms with Crippen molar-refractivity contribution in [2.24, 2.45) is 0 Å². The number of sulfone groups is 1. The number of aromatic nitrogens is 1. The van der Waals surface area contributed by atoms with Crippen LogP contribution in [0.5, 0.6) is 0 Å². The molecule has 1 atom stereocenters. The Labute approximate surface area is 107 Å². The molecule has 17 heavy (non-hydrogen) atoms. The van der Waals surface area contributed by atoms with Crippen LogP contribution in [-0.4, -0.2) is 30.9 Å². The first kappa shape index (κ1) is 14.6. The van der Waals surface area contributed by atoms with Gasteiger partial charge in [-0.05, 0) is 27.7 Å². The first-order valence-corrected chi connectivity index (χ1v) is 8.25. The van der Waals surface area contributed by atoms with Crippen LogP contribution >= 0.6 is 11.3 Å². The van der Waals surface area contributed by atoms with Crippen LogP contribution < -0.4 is 5.32 Å². The first-order chi connectivity index (χ1) is 7.65. The molecule has 0 saturated carbocycles. The fourth-order valence-corrected chi connectivity index (χ4v) is 2.53. The minimum Gasteiger partial charge on any atom is -0.308 e. The molecular formula is C11H20N2O2S2. The molecule has 0 radical (unpaired) electrons. The van der Waals surface area contributed by atoms with E-state index in [4.69, 9.17) is 0 Å². The lowest BCUT2D eigenvalue weighted by Crippen LogP contribution is -2.42. The van der Waals surface area contributed by atoms with Crippen LogP contribution in [0.4, 0.5) is 0 Å². The van der Waals surface area contributed by atoms with Gasteiger partial charge in [0.15, 0.2) is 9.84 Å². The van der Waals surface area contributed by atoms with E-state index in [1.807, 2.05) is 19.4 Å². The van der Waals surface area contributed by atoms with Crippen LogP contribution in [0.2, 0.25) is 0 Å². The molecule has 0 saturated heterocycles. The molecule has 1 rings (SSSR count). The molecule has 1 unspecified atom stereocenters. The van der Waals surface area contributed by atoms with E-state index in [1.54, 1.807) is 25.2 Å². The second-order valence-corrected chi connectivity index (χ2v) is 8.47. The fourth-order valence-electron chi connectivity index (χ4n) is 1.35. The number of rotatable bonds is 5. The van der Waals surface area contributed by atoms with Crippen LogP contribution in [0.3, 0.4) is 0 Å².